The molecule has 0 aliphatic heterocycles. The lowest BCUT2D eigenvalue weighted by atomic mass is 10.1. The Hall–Kier alpha value is -0.600. The highest BCUT2D eigenvalue weighted by Gasteiger charge is 2.39. The minimum absolute atomic E-state index is 0.300. The Morgan fingerprint density at radius 3 is 1.20 bits per heavy atom. The van der Waals surface area contributed by atoms with E-state index in [2.05, 4.69) is 8.37 Å². The average Bonchev–Trinajstić information content (AvgIpc) is 2.42. The summed E-state index contributed by atoms with van der Waals surface area (Å²) in [5, 5.41) is -3.30. The fourth-order valence-electron chi connectivity index (χ4n) is 1.76. The van der Waals surface area contributed by atoms with Crippen LogP contribution in [0.15, 0.2) is 0 Å². The van der Waals surface area contributed by atoms with Gasteiger partial charge in [0.25, 0.3) is 20.2 Å². The van der Waals surface area contributed by atoms with Gasteiger partial charge in [-0.15, -0.1) is 0 Å². The molecule has 0 aliphatic rings. The third-order valence-electron chi connectivity index (χ3n) is 3.03. The van der Waals surface area contributed by atoms with E-state index < -0.39 is 62.7 Å². The summed E-state index contributed by atoms with van der Waals surface area (Å²) >= 11 is 0. The SMILES string of the molecule is CCC(CC(CC)S(=O)(=O)OCC(F)(F)F)S(=O)(=O)OCC(F)(F)F. The summed E-state index contributed by atoms with van der Waals surface area (Å²) in [5.41, 5.74) is 0. The van der Waals surface area contributed by atoms with Crippen molar-refractivity contribution in [2.24, 2.45) is 0 Å². The molecule has 0 spiro atoms. The Kier molecular flexibility index (Phi) is 8.65. The molecule has 0 aromatic rings. The molecule has 152 valence electrons. The summed E-state index contributed by atoms with van der Waals surface area (Å²) in [4.78, 5) is 0. The predicted octanol–water partition coefficient (Wildman–Crippen LogP) is 2.75. The standard InChI is InChI=1S/C11H18F6O6S2/c1-3-8(24(18,19)22-6-10(12,13)14)5-9(4-2)25(20,21)23-7-11(15,16)17/h8-9H,3-7H2,1-2H3. The Morgan fingerprint density at radius 1 is 0.720 bits per heavy atom. The van der Waals surface area contributed by atoms with Gasteiger partial charge >= 0.3 is 12.4 Å². The van der Waals surface area contributed by atoms with Crippen LogP contribution in [0, 0.1) is 0 Å². The van der Waals surface area contributed by atoms with Crippen LogP contribution in [0.25, 0.3) is 0 Å². The molecular formula is C11H18F6O6S2. The van der Waals surface area contributed by atoms with Crippen molar-refractivity contribution in [3.8, 4) is 0 Å². The van der Waals surface area contributed by atoms with Crippen LogP contribution in [-0.4, -0.2) is 52.9 Å². The molecule has 0 aromatic heterocycles. The fraction of sp³-hybridized carbons (Fsp3) is 1.00. The van der Waals surface area contributed by atoms with E-state index in [4.69, 9.17) is 0 Å². The molecule has 0 fully saturated rings. The highest BCUT2D eigenvalue weighted by atomic mass is 32.2. The molecule has 0 N–H and O–H groups in total. The molecule has 0 bridgehead atoms. The van der Waals surface area contributed by atoms with E-state index in [1.54, 1.807) is 0 Å². The molecule has 0 radical (unpaired) electrons. The number of alkyl halides is 6. The Labute approximate surface area is 141 Å². The minimum Gasteiger partial charge on any atom is -0.260 e. The van der Waals surface area contributed by atoms with Crippen LogP contribution in [0.4, 0.5) is 26.3 Å². The zero-order valence-corrected chi connectivity index (χ0v) is 14.9. The van der Waals surface area contributed by atoms with Crippen LogP contribution >= 0.6 is 0 Å². The van der Waals surface area contributed by atoms with Gasteiger partial charge in [0.05, 0.1) is 10.5 Å². The Balaban J connectivity index is 5.18. The van der Waals surface area contributed by atoms with Gasteiger partial charge in [-0.3, -0.25) is 8.37 Å². The smallest absolute Gasteiger partial charge is 0.260 e. The molecule has 0 rings (SSSR count). The third kappa shape index (κ3) is 9.61. The van der Waals surface area contributed by atoms with Crippen molar-refractivity contribution < 1.29 is 51.5 Å². The second kappa shape index (κ2) is 8.86. The maximum atomic E-state index is 12.1. The lowest BCUT2D eigenvalue weighted by Gasteiger charge is -2.22. The first-order valence-corrected chi connectivity index (χ1v) is 9.88. The monoisotopic (exact) mass is 424 g/mol. The largest absolute Gasteiger partial charge is 0.413 e. The zero-order valence-electron chi connectivity index (χ0n) is 13.2. The minimum atomic E-state index is -4.92. The van der Waals surface area contributed by atoms with Crippen molar-refractivity contribution in [2.75, 3.05) is 13.2 Å². The predicted molar refractivity (Wildman–Crippen MR) is 74.6 cm³/mol. The topological polar surface area (TPSA) is 86.7 Å². The van der Waals surface area contributed by atoms with Gasteiger partial charge in [-0.1, -0.05) is 13.8 Å². The molecule has 0 saturated heterocycles. The molecule has 0 aliphatic carbocycles. The van der Waals surface area contributed by atoms with E-state index in [0.29, 0.717) is 0 Å². The first-order chi connectivity index (χ1) is 11.0. The van der Waals surface area contributed by atoms with Crippen molar-refractivity contribution >= 4 is 20.2 Å². The molecule has 6 nitrogen and oxygen atoms in total. The van der Waals surface area contributed by atoms with Crippen molar-refractivity contribution in [1.29, 1.82) is 0 Å². The second-order valence-electron chi connectivity index (χ2n) is 5.04. The number of hydrogen-bond donors (Lipinski definition) is 0. The lowest BCUT2D eigenvalue weighted by Crippen LogP contribution is -2.35. The van der Waals surface area contributed by atoms with Gasteiger partial charge in [-0.2, -0.15) is 43.2 Å². The average molecular weight is 424 g/mol. The normalized spacial score (nSPS) is 16.6. The van der Waals surface area contributed by atoms with Gasteiger partial charge < -0.3 is 0 Å². The van der Waals surface area contributed by atoms with E-state index in [-0.39, 0.29) is 12.8 Å². The Bertz CT molecular complexity index is 556. The van der Waals surface area contributed by atoms with Crippen LogP contribution < -0.4 is 0 Å². The molecule has 0 heterocycles. The zero-order chi connectivity index (χ0) is 20.1. The van der Waals surface area contributed by atoms with Crippen molar-refractivity contribution in [3.05, 3.63) is 0 Å². The van der Waals surface area contributed by atoms with Gasteiger partial charge in [-0.05, 0) is 19.3 Å². The van der Waals surface area contributed by atoms with Crippen molar-refractivity contribution in [1.82, 2.24) is 0 Å². The number of halogens is 6. The molecule has 14 heteroatoms. The molecular weight excluding hydrogens is 406 g/mol. The summed E-state index contributed by atoms with van der Waals surface area (Å²) in [7, 11) is -9.55. The van der Waals surface area contributed by atoms with E-state index in [1.807, 2.05) is 0 Å². The van der Waals surface area contributed by atoms with E-state index >= 15 is 0 Å². The fourth-order valence-corrected chi connectivity index (χ4v) is 4.62. The molecule has 2 unspecified atom stereocenters. The molecule has 2 atom stereocenters. The quantitative estimate of drug-likeness (QED) is 0.396. The van der Waals surface area contributed by atoms with Crippen LogP contribution in [0.3, 0.4) is 0 Å². The highest BCUT2D eigenvalue weighted by molar-refractivity contribution is 7.88. The number of rotatable bonds is 10. The maximum Gasteiger partial charge on any atom is 0.413 e. The van der Waals surface area contributed by atoms with E-state index in [0.717, 1.165) is 0 Å². The molecule has 25 heavy (non-hydrogen) atoms. The van der Waals surface area contributed by atoms with Crippen LogP contribution in [0.5, 0.6) is 0 Å². The van der Waals surface area contributed by atoms with E-state index in [9.17, 15) is 43.2 Å². The highest BCUT2D eigenvalue weighted by Crippen LogP contribution is 2.25. The first kappa shape index (κ1) is 24.4. The van der Waals surface area contributed by atoms with Gasteiger partial charge in [0.15, 0.2) is 13.2 Å². The van der Waals surface area contributed by atoms with Gasteiger partial charge in [0.2, 0.25) is 0 Å². The first-order valence-electron chi connectivity index (χ1n) is 6.94. The summed E-state index contributed by atoms with van der Waals surface area (Å²) in [6.07, 6.45) is -11.2. The van der Waals surface area contributed by atoms with Crippen molar-refractivity contribution in [3.63, 3.8) is 0 Å². The van der Waals surface area contributed by atoms with Crippen molar-refractivity contribution in [2.45, 2.75) is 56.0 Å². The number of hydrogen-bond acceptors (Lipinski definition) is 6. The molecule has 0 saturated carbocycles. The van der Waals surface area contributed by atoms with Crippen LogP contribution in [0.2, 0.25) is 0 Å². The summed E-state index contributed by atoms with van der Waals surface area (Å²) in [5.74, 6) is 0. The van der Waals surface area contributed by atoms with Gasteiger partial charge in [0, 0.05) is 0 Å². The maximum absolute atomic E-state index is 12.1. The third-order valence-corrected chi connectivity index (χ3v) is 6.60. The summed E-state index contributed by atoms with van der Waals surface area (Å²) in [6, 6.07) is 0. The van der Waals surface area contributed by atoms with E-state index in [1.165, 1.54) is 13.8 Å². The second-order valence-corrected chi connectivity index (χ2v) is 8.81. The lowest BCUT2D eigenvalue weighted by molar-refractivity contribution is -0.153. The molecule has 0 amide bonds. The van der Waals surface area contributed by atoms with Crippen LogP contribution in [-0.2, 0) is 28.6 Å². The van der Waals surface area contributed by atoms with Crippen LogP contribution in [0.1, 0.15) is 33.1 Å². The molecule has 0 aromatic carbocycles. The summed E-state index contributed by atoms with van der Waals surface area (Å²) < 4.78 is 127. The Morgan fingerprint density at radius 2 is 1.00 bits per heavy atom. The van der Waals surface area contributed by atoms with Gasteiger partial charge in [-0.25, -0.2) is 0 Å². The van der Waals surface area contributed by atoms with Gasteiger partial charge in [0.1, 0.15) is 0 Å². The summed E-state index contributed by atoms with van der Waals surface area (Å²) in [6.45, 7) is -1.65.